The molecule has 5 heteroatoms. The monoisotopic (exact) mass is 296 g/mol. The third-order valence-corrected chi connectivity index (χ3v) is 5.49. The molecular formula is C16H28N2O3. The molecule has 1 aliphatic carbocycles. The zero-order valence-corrected chi connectivity index (χ0v) is 13.0. The second kappa shape index (κ2) is 6.23. The van der Waals surface area contributed by atoms with E-state index in [0.29, 0.717) is 44.6 Å². The van der Waals surface area contributed by atoms with Crippen LogP contribution in [0.4, 0.5) is 0 Å². The molecule has 0 bridgehead atoms. The predicted molar refractivity (Wildman–Crippen MR) is 79.9 cm³/mol. The van der Waals surface area contributed by atoms with Gasteiger partial charge in [0.25, 0.3) is 0 Å². The number of fused-ring (bicyclic) bond motifs is 1. The lowest BCUT2D eigenvalue weighted by molar-refractivity contribution is -0.138. The first-order chi connectivity index (χ1) is 10.1. The number of ether oxygens (including phenoxy) is 1. The van der Waals surface area contributed by atoms with Crippen molar-refractivity contribution in [3.8, 4) is 0 Å². The van der Waals surface area contributed by atoms with E-state index in [9.17, 15) is 9.90 Å². The fraction of sp³-hybridized carbons (Fsp3) is 0.938. The van der Waals surface area contributed by atoms with E-state index in [2.05, 4.69) is 5.32 Å². The SMILES string of the molecule is CN(CC1(O)CCOCC1)C(=O)C1CC2CCCCC2N1. The van der Waals surface area contributed by atoms with Gasteiger partial charge in [0.1, 0.15) is 0 Å². The molecule has 120 valence electrons. The number of carbonyl (C=O) groups excluding carboxylic acids is 1. The Morgan fingerprint density at radius 2 is 2.05 bits per heavy atom. The van der Waals surface area contributed by atoms with Crippen LogP contribution in [-0.4, -0.2) is 60.4 Å². The van der Waals surface area contributed by atoms with Crippen LogP contribution in [0, 0.1) is 5.92 Å². The standard InChI is InChI=1S/C16H28N2O3/c1-18(11-16(20)6-8-21-9-7-16)15(19)14-10-12-4-2-3-5-13(12)17-14/h12-14,17,20H,2-11H2,1H3. The minimum absolute atomic E-state index is 0.0495. The number of rotatable bonds is 3. The predicted octanol–water partition coefficient (Wildman–Crippen LogP) is 0.907. The number of nitrogens with one attached hydrogen (secondary N) is 1. The maximum atomic E-state index is 12.6. The maximum absolute atomic E-state index is 12.6. The first-order valence-corrected chi connectivity index (χ1v) is 8.39. The van der Waals surface area contributed by atoms with Gasteiger partial charge in [-0.15, -0.1) is 0 Å². The fourth-order valence-corrected chi connectivity index (χ4v) is 4.21. The van der Waals surface area contributed by atoms with Crippen molar-refractivity contribution in [2.45, 2.75) is 62.6 Å². The lowest BCUT2D eigenvalue weighted by Crippen LogP contribution is -2.51. The van der Waals surface area contributed by atoms with Gasteiger partial charge in [0.2, 0.25) is 5.91 Å². The Bertz CT molecular complexity index is 368. The van der Waals surface area contributed by atoms with Gasteiger partial charge in [-0.1, -0.05) is 12.8 Å². The summed E-state index contributed by atoms with van der Waals surface area (Å²) in [5, 5.41) is 14.1. The molecular weight excluding hydrogens is 268 g/mol. The van der Waals surface area contributed by atoms with Gasteiger partial charge in [0, 0.05) is 45.7 Å². The minimum Gasteiger partial charge on any atom is -0.388 e. The van der Waals surface area contributed by atoms with E-state index in [4.69, 9.17) is 4.74 Å². The van der Waals surface area contributed by atoms with Crippen molar-refractivity contribution in [3.05, 3.63) is 0 Å². The van der Waals surface area contributed by atoms with Gasteiger partial charge in [0.15, 0.2) is 0 Å². The van der Waals surface area contributed by atoms with Gasteiger partial charge in [-0.3, -0.25) is 4.79 Å². The number of amides is 1. The van der Waals surface area contributed by atoms with Crippen LogP contribution < -0.4 is 5.32 Å². The van der Waals surface area contributed by atoms with E-state index in [0.717, 1.165) is 6.42 Å². The summed E-state index contributed by atoms with van der Waals surface area (Å²) >= 11 is 0. The highest BCUT2D eigenvalue weighted by Crippen LogP contribution is 2.33. The average molecular weight is 296 g/mol. The molecule has 2 saturated heterocycles. The van der Waals surface area contributed by atoms with Gasteiger partial charge in [0.05, 0.1) is 11.6 Å². The number of carbonyl (C=O) groups is 1. The van der Waals surface area contributed by atoms with Crippen molar-refractivity contribution in [2.24, 2.45) is 5.92 Å². The van der Waals surface area contributed by atoms with Crippen LogP contribution >= 0.6 is 0 Å². The number of hydrogen-bond acceptors (Lipinski definition) is 4. The van der Waals surface area contributed by atoms with Gasteiger partial charge < -0.3 is 20.1 Å². The topological polar surface area (TPSA) is 61.8 Å². The van der Waals surface area contributed by atoms with Crippen LogP contribution in [0.2, 0.25) is 0 Å². The van der Waals surface area contributed by atoms with Gasteiger partial charge >= 0.3 is 0 Å². The lowest BCUT2D eigenvalue weighted by Gasteiger charge is -2.36. The van der Waals surface area contributed by atoms with Crippen molar-refractivity contribution >= 4 is 5.91 Å². The Hall–Kier alpha value is -0.650. The summed E-state index contributed by atoms with van der Waals surface area (Å²) in [4.78, 5) is 14.3. The first-order valence-electron chi connectivity index (χ1n) is 8.39. The molecule has 1 saturated carbocycles. The third kappa shape index (κ3) is 3.41. The molecule has 1 amide bonds. The van der Waals surface area contributed by atoms with Crippen molar-refractivity contribution in [1.82, 2.24) is 10.2 Å². The Labute approximate surface area is 127 Å². The Morgan fingerprint density at radius 3 is 2.76 bits per heavy atom. The highest BCUT2D eigenvalue weighted by Gasteiger charge is 2.40. The van der Waals surface area contributed by atoms with E-state index < -0.39 is 5.60 Å². The van der Waals surface area contributed by atoms with E-state index in [1.54, 1.807) is 4.90 Å². The van der Waals surface area contributed by atoms with Crippen molar-refractivity contribution in [1.29, 1.82) is 0 Å². The van der Waals surface area contributed by atoms with E-state index in [-0.39, 0.29) is 11.9 Å². The highest BCUT2D eigenvalue weighted by molar-refractivity contribution is 5.82. The molecule has 0 radical (unpaired) electrons. The van der Waals surface area contributed by atoms with E-state index in [1.807, 2.05) is 7.05 Å². The summed E-state index contributed by atoms with van der Waals surface area (Å²) in [5.41, 5.74) is -0.770. The zero-order valence-electron chi connectivity index (χ0n) is 13.0. The molecule has 2 aliphatic heterocycles. The van der Waals surface area contributed by atoms with Crippen LogP contribution in [-0.2, 0) is 9.53 Å². The van der Waals surface area contributed by atoms with Crippen molar-refractivity contribution < 1.29 is 14.6 Å². The van der Waals surface area contributed by atoms with Crippen LogP contribution in [0.15, 0.2) is 0 Å². The van der Waals surface area contributed by atoms with Gasteiger partial charge in [-0.2, -0.15) is 0 Å². The van der Waals surface area contributed by atoms with Crippen LogP contribution in [0.1, 0.15) is 44.9 Å². The summed E-state index contributed by atoms with van der Waals surface area (Å²) in [6.07, 6.45) is 7.26. The Balaban J connectivity index is 1.55. The Kier molecular flexibility index (Phi) is 4.52. The van der Waals surface area contributed by atoms with Crippen LogP contribution in [0.3, 0.4) is 0 Å². The summed E-state index contributed by atoms with van der Waals surface area (Å²) in [7, 11) is 1.82. The fourth-order valence-electron chi connectivity index (χ4n) is 4.21. The minimum atomic E-state index is -0.770. The summed E-state index contributed by atoms with van der Waals surface area (Å²) in [6, 6.07) is 0.485. The van der Waals surface area contributed by atoms with E-state index in [1.165, 1.54) is 25.7 Å². The smallest absolute Gasteiger partial charge is 0.239 e. The average Bonchev–Trinajstić information content (AvgIpc) is 2.90. The molecule has 5 nitrogen and oxygen atoms in total. The quantitative estimate of drug-likeness (QED) is 0.812. The zero-order chi connectivity index (χ0) is 14.9. The molecule has 3 fully saturated rings. The molecule has 0 aromatic carbocycles. The molecule has 21 heavy (non-hydrogen) atoms. The first kappa shape index (κ1) is 15.3. The summed E-state index contributed by atoms with van der Waals surface area (Å²) < 4.78 is 5.30. The molecule has 0 aromatic heterocycles. The molecule has 2 N–H and O–H groups in total. The maximum Gasteiger partial charge on any atom is 0.239 e. The molecule has 3 aliphatic rings. The highest BCUT2D eigenvalue weighted by atomic mass is 16.5. The second-order valence-electron chi connectivity index (χ2n) is 7.14. The molecule has 0 aromatic rings. The molecule has 3 atom stereocenters. The van der Waals surface area contributed by atoms with E-state index >= 15 is 0 Å². The largest absolute Gasteiger partial charge is 0.388 e. The molecule has 0 spiro atoms. The molecule has 3 unspecified atom stereocenters. The normalized spacial score (nSPS) is 35.2. The lowest BCUT2D eigenvalue weighted by atomic mass is 9.85. The van der Waals surface area contributed by atoms with Gasteiger partial charge in [-0.05, 0) is 25.2 Å². The summed E-state index contributed by atoms with van der Waals surface area (Å²) in [5.74, 6) is 0.816. The number of nitrogens with zero attached hydrogens (tertiary/aromatic N) is 1. The van der Waals surface area contributed by atoms with Crippen molar-refractivity contribution in [2.75, 3.05) is 26.8 Å². The third-order valence-electron chi connectivity index (χ3n) is 5.49. The number of hydrogen-bond donors (Lipinski definition) is 2. The molecule has 2 heterocycles. The summed E-state index contributed by atoms with van der Waals surface area (Å²) in [6.45, 7) is 1.59. The van der Waals surface area contributed by atoms with Gasteiger partial charge in [-0.25, -0.2) is 0 Å². The number of aliphatic hydroxyl groups is 1. The number of likely N-dealkylation sites (N-methyl/N-ethyl adjacent to an activating group) is 1. The van der Waals surface area contributed by atoms with Crippen LogP contribution in [0.25, 0.3) is 0 Å². The second-order valence-corrected chi connectivity index (χ2v) is 7.14. The van der Waals surface area contributed by atoms with Crippen molar-refractivity contribution in [3.63, 3.8) is 0 Å². The van der Waals surface area contributed by atoms with Crippen LogP contribution in [0.5, 0.6) is 0 Å². The molecule has 3 rings (SSSR count). The Morgan fingerprint density at radius 1 is 1.33 bits per heavy atom.